The van der Waals surface area contributed by atoms with Gasteiger partial charge >= 0.3 is 0 Å². The van der Waals surface area contributed by atoms with E-state index >= 15 is 0 Å². The topological polar surface area (TPSA) is 9.72 Å². The molecule has 4 heteroatoms. The van der Waals surface area contributed by atoms with Gasteiger partial charge in [0.2, 0.25) is 6.71 Å². The molecule has 0 radical (unpaired) electrons. The molecule has 0 spiro atoms. The predicted octanol–water partition coefficient (Wildman–Crippen LogP) is 16.8. The molecule has 2 heterocycles. The molecule has 11 rings (SSSR count). The van der Waals surface area contributed by atoms with E-state index in [4.69, 9.17) is 0 Å². The van der Waals surface area contributed by atoms with E-state index < -0.39 is 0 Å². The first-order valence-electron chi connectivity index (χ1n) is 25.3. The van der Waals surface area contributed by atoms with Gasteiger partial charge in [-0.1, -0.05) is 185 Å². The Hall–Kier alpha value is -7.04. The first-order valence-corrected chi connectivity index (χ1v) is 25.3. The highest BCUT2D eigenvalue weighted by molar-refractivity contribution is 6.96. The van der Waals surface area contributed by atoms with Gasteiger partial charge in [0.05, 0.1) is 0 Å². The molecular weight excluding hydrogens is 846 g/mol. The largest absolute Gasteiger partial charge is 0.311 e. The van der Waals surface area contributed by atoms with Gasteiger partial charge in [-0.15, -0.1) is 0 Å². The second kappa shape index (κ2) is 16.3. The van der Waals surface area contributed by atoms with Crippen molar-refractivity contribution in [3.8, 4) is 11.1 Å². The maximum absolute atomic E-state index is 2.62. The van der Waals surface area contributed by atoms with E-state index in [1.54, 1.807) is 0 Å². The summed E-state index contributed by atoms with van der Waals surface area (Å²) in [5.74, 6) is 0. The number of para-hydroxylation sites is 1. The summed E-state index contributed by atoms with van der Waals surface area (Å²) < 4.78 is 0. The van der Waals surface area contributed by atoms with E-state index in [9.17, 15) is 0 Å². The van der Waals surface area contributed by atoms with E-state index in [-0.39, 0.29) is 28.4 Å². The Labute approximate surface area is 418 Å². The molecule has 0 unspecified atom stereocenters. The lowest BCUT2D eigenvalue weighted by Gasteiger charge is -2.46. The van der Waals surface area contributed by atoms with Crippen LogP contribution in [0, 0.1) is 6.92 Å². The number of allylic oxidation sites excluding steroid dienone is 1. The third kappa shape index (κ3) is 7.50. The molecular formula is C66H66BN3. The zero-order chi connectivity index (χ0) is 49.1. The second-order valence-corrected chi connectivity index (χ2v) is 23.6. The van der Waals surface area contributed by atoms with E-state index in [0.29, 0.717) is 0 Å². The Kier molecular flexibility index (Phi) is 10.6. The van der Waals surface area contributed by atoms with Crippen LogP contribution < -0.4 is 25.6 Å². The minimum absolute atomic E-state index is 0.0318. The van der Waals surface area contributed by atoms with Gasteiger partial charge in [0, 0.05) is 62.2 Å². The van der Waals surface area contributed by atoms with E-state index in [1.165, 1.54) is 83.7 Å². The van der Waals surface area contributed by atoms with Crippen LogP contribution in [0.5, 0.6) is 0 Å². The lowest BCUT2D eigenvalue weighted by atomic mass is 9.30. The van der Waals surface area contributed by atoms with Gasteiger partial charge in [-0.05, 0) is 152 Å². The van der Waals surface area contributed by atoms with Crippen molar-refractivity contribution in [2.24, 2.45) is 0 Å². The standard InChI is InChI=1S/C66H66BN3/c1-43-39-58-60-59(40-43)70(52-22-18-19-45(41-52)44-25-27-46(28-26-44)63(2,3)4)61-54-23-16-17-24-55(54)66(11,12)62(61)67(60)56-42-53(37-38-57(56)69(58)49-20-14-13-15-21-49)68(50-33-29-47(30-34-50)64(5,6)7)51-35-31-48(32-36-51)65(8,9)10/h13-42H,1-12H3. The summed E-state index contributed by atoms with van der Waals surface area (Å²) in [4.78, 5) is 7.63. The van der Waals surface area contributed by atoms with Crippen molar-refractivity contribution in [2.45, 2.75) is 105 Å². The third-order valence-corrected chi connectivity index (χ3v) is 15.4. The van der Waals surface area contributed by atoms with Crippen molar-refractivity contribution in [1.82, 2.24) is 0 Å². The fourth-order valence-electron chi connectivity index (χ4n) is 11.6. The Morgan fingerprint density at radius 2 is 0.957 bits per heavy atom. The quantitative estimate of drug-likeness (QED) is 0.154. The molecule has 8 aromatic rings. The molecule has 0 bridgehead atoms. The fourth-order valence-corrected chi connectivity index (χ4v) is 11.6. The number of hydrogen-bond acceptors (Lipinski definition) is 3. The summed E-state index contributed by atoms with van der Waals surface area (Å²) in [7, 11) is 0. The minimum atomic E-state index is -0.289. The normalized spacial score (nSPS) is 14.8. The van der Waals surface area contributed by atoms with Crippen LogP contribution in [0.2, 0.25) is 0 Å². The fraction of sp³-hybridized carbons (Fsp3) is 0.242. The minimum Gasteiger partial charge on any atom is -0.311 e. The smallest absolute Gasteiger partial charge is 0.248 e. The zero-order valence-corrected chi connectivity index (χ0v) is 43.2. The summed E-state index contributed by atoms with van der Waals surface area (Å²) in [5.41, 5.74) is 25.0. The maximum atomic E-state index is 2.62. The molecule has 0 aromatic heterocycles. The molecule has 348 valence electrons. The summed E-state index contributed by atoms with van der Waals surface area (Å²) in [6.45, 7) is 27.8. The first kappa shape index (κ1) is 45.4. The number of nitrogens with zero attached hydrogens (tertiary/aromatic N) is 3. The Bertz CT molecular complexity index is 3280. The molecule has 0 saturated carbocycles. The van der Waals surface area contributed by atoms with Crippen LogP contribution in [0.25, 0.3) is 16.8 Å². The lowest BCUT2D eigenvalue weighted by Crippen LogP contribution is -2.57. The van der Waals surface area contributed by atoms with Crippen LogP contribution in [-0.4, -0.2) is 6.71 Å². The van der Waals surface area contributed by atoms with Crippen molar-refractivity contribution in [1.29, 1.82) is 0 Å². The molecule has 0 atom stereocenters. The highest BCUT2D eigenvalue weighted by atomic mass is 15.2. The number of benzene rings is 8. The molecule has 0 fully saturated rings. The van der Waals surface area contributed by atoms with Gasteiger partial charge in [0.15, 0.2) is 0 Å². The third-order valence-electron chi connectivity index (χ3n) is 15.4. The summed E-state index contributed by atoms with van der Waals surface area (Å²) in [6.07, 6.45) is 0. The van der Waals surface area contributed by atoms with Crippen LogP contribution in [0.3, 0.4) is 0 Å². The van der Waals surface area contributed by atoms with Crippen molar-refractivity contribution >= 4 is 68.8 Å². The highest BCUT2D eigenvalue weighted by Gasteiger charge is 2.53. The van der Waals surface area contributed by atoms with Gasteiger partial charge in [-0.3, -0.25) is 0 Å². The van der Waals surface area contributed by atoms with E-state index in [2.05, 4.69) is 280 Å². The molecule has 2 aliphatic heterocycles. The maximum Gasteiger partial charge on any atom is 0.248 e. The number of fused-ring (bicyclic) bond motifs is 5. The molecule has 1 aliphatic carbocycles. The van der Waals surface area contributed by atoms with Crippen molar-refractivity contribution in [2.75, 3.05) is 14.7 Å². The van der Waals surface area contributed by atoms with Gasteiger partial charge in [0.25, 0.3) is 0 Å². The molecule has 3 aliphatic rings. The lowest BCUT2D eigenvalue weighted by molar-refractivity contribution is 0.590. The number of anilines is 8. The molecule has 0 amide bonds. The Morgan fingerprint density at radius 3 is 1.54 bits per heavy atom. The first-order chi connectivity index (χ1) is 33.3. The number of hydrogen-bond donors (Lipinski definition) is 0. The van der Waals surface area contributed by atoms with Crippen LogP contribution >= 0.6 is 0 Å². The second-order valence-electron chi connectivity index (χ2n) is 23.6. The SMILES string of the molecule is Cc1cc2c3c(c1)N(c1ccccc1)c1ccc(N(c4ccc(C(C)(C)C)cc4)c4ccc(C(C)(C)C)cc4)cc1B3C1=C(c3ccccc3C1(C)C)N2c1cccc(-c2ccc(C(C)(C)C)cc2)c1. The van der Waals surface area contributed by atoms with Crippen molar-refractivity contribution in [3.05, 3.63) is 221 Å². The van der Waals surface area contributed by atoms with Crippen molar-refractivity contribution < 1.29 is 0 Å². The zero-order valence-electron chi connectivity index (χ0n) is 43.2. The molecule has 3 nitrogen and oxygen atoms in total. The average molecular weight is 912 g/mol. The van der Waals surface area contributed by atoms with E-state index in [1.807, 2.05) is 0 Å². The van der Waals surface area contributed by atoms with Crippen LogP contribution in [0.4, 0.5) is 45.5 Å². The number of aryl methyl sites for hydroxylation is 1. The Balaban J connectivity index is 1.18. The van der Waals surface area contributed by atoms with Gasteiger partial charge in [0.1, 0.15) is 0 Å². The molecule has 0 N–H and O–H groups in total. The summed E-state index contributed by atoms with van der Waals surface area (Å²) in [5, 5.41) is 0. The van der Waals surface area contributed by atoms with E-state index in [0.717, 1.165) is 28.4 Å². The van der Waals surface area contributed by atoms with Crippen LogP contribution in [-0.2, 0) is 21.7 Å². The van der Waals surface area contributed by atoms with Gasteiger partial charge in [-0.2, -0.15) is 0 Å². The highest BCUT2D eigenvalue weighted by Crippen LogP contribution is 2.56. The monoisotopic (exact) mass is 912 g/mol. The predicted molar refractivity (Wildman–Crippen MR) is 302 cm³/mol. The summed E-state index contributed by atoms with van der Waals surface area (Å²) >= 11 is 0. The van der Waals surface area contributed by atoms with Gasteiger partial charge in [-0.25, -0.2) is 0 Å². The Morgan fingerprint density at radius 1 is 0.443 bits per heavy atom. The van der Waals surface area contributed by atoms with Gasteiger partial charge < -0.3 is 14.7 Å². The molecule has 8 aromatic carbocycles. The average Bonchev–Trinajstić information content (AvgIpc) is 3.57. The van der Waals surface area contributed by atoms with Crippen LogP contribution in [0.1, 0.15) is 110 Å². The summed E-state index contributed by atoms with van der Waals surface area (Å²) in [6, 6.07) is 69.3. The molecule has 70 heavy (non-hydrogen) atoms. The molecule has 0 saturated heterocycles. The van der Waals surface area contributed by atoms with Crippen molar-refractivity contribution in [3.63, 3.8) is 0 Å². The van der Waals surface area contributed by atoms with Crippen LogP contribution in [0.15, 0.2) is 187 Å². The number of rotatable bonds is 6.